The fraction of sp³-hybridized carbons (Fsp3) is 0.231. The molecule has 1 N–H and O–H groups in total. The van der Waals surface area contributed by atoms with Gasteiger partial charge in [-0.2, -0.15) is 0 Å². The van der Waals surface area contributed by atoms with Gasteiger partial charge in [-0.15, -0.1) is 11.8 Å². The lowest BCUT2D eigenvalue weighted by atomic mass is 10.2. The molecule has 1 aromatic heterocycles. The van der Waals surface area contributed by atoms with Crippen molar-refractivity contribution in [2.24, 2.45) is 0 Å². The maximum Gasteiger partial charge on any atom is 0.313 e. The first-order valence-corrected chi connectivity index (χ1v) is 6.87. The summed E-state index contributed by atoms with van der Waals surface area (Å²) in [5.41, 5.74) is 1.56. The molecule has 2 aromatic rings. The van der Waals surface area contributed by atoms with E-state index in [0.717, 1.165) is 21.5 Å². The summed E-state index contributed by atoms with van der Waals surface area (Å²) in [6.07, 6.45) is 0. The third kappa shape index (κ3) is 3.11. The second-order valence-electron chi connectivity index (χ2n) is 3.95. The summed E-state index contributed by atoms with van der Waals surface area (Å²) in [7, 11) is 1.54. The van der Waals surface area contributed by atoms with Crippen LogP contribution in [0.25, 0.3) is 10.9 Å². The highest BCUT2D eigenvalue weighted by Gasteiger charge is 2.11. The van der Waals surface area contributed by atoms with E-state index in [1.807, 2.05) is 13.0 Å². The monoisotopic (exact) mass is 297 g/mol. The molecule has 0 atom stereocenters. The first kappa shape index (κ1) is 14.0. The van der Waals surface area contributed by atoms with Gasteiger partial charge >= 0.3 is 5.97 Å². The first-order chi connectivity index (χ1) is 9.01. The number of fused-ring (bicyclic) bond motifs is 1. The third-order valence-corrected chi connectivity index (χ3v) is 3.86. The zero-order valence-electron chi connectivity index (χ0n) is 10.4. The van der Waals surface area contributed by atoms with Crippen LogP contribution < -0.4 is 4.74 Å². The maximum absolute atomic E-state index is 10.7. The number of carboxylic acids is 1. The van der Waals surface area contributed by atoms with E-state index in [-0.39, 0.29) is 5.75 Å². The molecular weight excluding hydrogens is 286 g/mol. The summed E-state index contributed by atoms with van der Waals surface area (Å²) in [5, 5.41) is 10.1. The van der Waals surface area contributed by atoms with Crippen molar-refractivity contribution in [2.45, 2.75) is 11.8 Å². The van der Waals surface area contributed by atoms with Gasteiger partial charge < -0.3 is 9.84 Å². The number of benzene rings is 1. The topological polar surface area (TPSA) is 59.4 Å². The van der Waals surface area contributed by atoms with Crippen LogP contribution >= 0.6 is 23.4 Å². The minimum atomic E-state index is -0.853. The molecular formula is C13H12ClNO3S. The van der Waals surface area contributed by atoms with Crippen molar-refractivity contribution < 1.29 is 14.6 Å². The zero-order valence-corrected chi connectivity index (χ0v) is 12.0. The van der Waals surface area contributed by atoms with Gasteiger partial charge in [0.05, 0.1) is 23.4 Å². The lowest BCUT2D eigenvalue weighted by molar-refractivity contribution is -0.133. The molecule has 100 valence electrons. The number of thioether (sulfide) groups is 1. The van der Waals surface area contributed by atoms with Crippen LogP contribution in [0.3, 0.4) is 0 Å². The van der Waals surface area contributed by atoms with Crippen molar-refractivity contribution in [1.82, 2.24) is 4.98 Å². The predicted octanol–water partition coefficient (Wildman–Crippen LogP) is 3.38. The van der Waals surface area contributed by atoms with Crippen molar-refractivity contribution in [1.29, 1.82) is 0 Å². The standard InChI is InChI=1S/C13H12ClNO3S/c1-7-3-12(19-6-13(16)17)8-4-11(18-2)9(14)5-10(8)15-7/h3-5H,6H2,1-2H3,(H,16,17). The highest BCUT2D eigenvalue weighted by Crippen LogP contribution is 2.34. The molecule has 19 heavy (non-hydrogen) atoms. The molecule has 0 fully saturated rings. The van der Waals surface area contributed by atoms with Crippen LogP contribution in [-0.2, 0) is 4.79 Å². The Hall–Kier alpha value is -1.46. The van der Waals surface area contributed by atoms with Crippen molar-refractivity contribution >= 4 is 40.2 Å². The fourth-order valence-corrected chi connectivity index (χ4v) is 2.82. The number of nitrogens with zero attached hydrogens (tertiary/aromatic N) is 1. The van der Waals surface area contributed by atoms with E-state index in [4.69, 9.17) is 21.4 Å². The Morgan fingerprint density at radius 2 is 2.21 bits per heavy atom. The molecule has 0 aliphatic carbocycles. The molecule has 6 heteroatoms. The van der Waals surface area contributed by atoms with E-state index >= 15 is 0 Å². The van der Waals surface area contributed by atoms with Crippen LogP contribution in [0, 0.1) is 6.92 Å². The van der Waals surface area contributed by atoms with Crippen LogP contribution in [0.15, 0.2) is 23.1 Å². The van der Waals surface area contributed by atoms with Gasteiger partial charge in [0.2, 0.25) is 0 Å². The maximum atomic E-state index is 10.7. The number of rotatable bonds is 4. The number of hydrogen-bond acceptors (Lipinski definition) is 4. The predicted molar refractivity (Wildman–Crippen MR) is 76.4 cm³/mol. The minimum absolute atomic E-state index is 0.00347. The molecule has 1 aromatic carbocycles. The quantitative estimate of drug-likeness (QED) is 0.877. The molecule has 1 heterocycles. The van der Waals surface area contributed by atoms with E-state index in [9.17, 15) is 4.79 Å². The number of hydrogen-bond donors (Lipinski definition) is 1. The summed E-state index contributed by atoms with van der Waals surface area (Å²) in [6.45, 7) is 1.86. The van der Waals surface area contributed by atoms with Crippen molar-refractivity contribution in [3.63, 3.8) is 0 Å². The number of carboxylic acid groups (broad SMARTS) is 1. The van der Waals surface area contributed by atoms with Gasteiger partial charge in [-0.1, -0.05) is 11.6 Å². The smallest absolute Gasteiger partial charge is 0.313 e. The molecule has 0 aliphatic rings. The molecule has 4 nitrogen and oxygen atoms in total. The second kappa shape index (κ2) is 5.67. The summed E-state index contributed by atoms with van der Waals surface area (Å²) >= 11 is 7.33. The molecule has 0 unspecified atom stereocenters. The van der Waals surface area contributed by atoms with Crippen molar-refractivity contribution in [3.05, 3.63) is 28.9 Å². The average molecular weight is 298 g/mol. The van der Waals surface area contributed by atoms with Crippen LogP contribution in [0.1, 0.15) is 5.69 Å². The zero-order chi connectivity index (χ0) is 14.0. The molecule has 0 saturated heterocycles. The van der Waals surface area contributed by atoms with Gasteiger partial charge in [0.15, 0.2) is 0 Å². The Labute approximate surface area is 119 Å². The van der Waals surface area contributed by atoms with Crippen molar-refractivity contribution in [3.8, 4) is 5.75 Å². The number of aromatic nitrogens is 1. The molecule has 0 radical (unpaired) electrons. The molecule has 0 spiro atoms. The number of ether oxygens (including phenoxy) is 1. The SMILES string of the molecule is COc1cc2c(SCC(=O)O)cc(C)nc2cc1Cl. The van der Waals surface area contributed by atoms with E-state index in [0.29, 0.717) is 10.8 Å². The molecule has 2 rings (SSSR count). The lowest BCUT2D eigenvalue weighted by Gasteiger charge is -2.09. The third-order valence-electron chi connectivity index (χ3n) is 2.52. The molecule has 0 amide bonds. The minimum Gasteiger partial charge on any atom is -0.495 e. The Balaban J connectivity index is 2.57. The molecule has 0 bridgehead atoms. The summed E-state index contributed by atoms with van der Waals surface area (Å²) in [6, 6.07) is 5.38. The van der Waals surface area contributed by atoms with E-state index in [2.05, 4.69) is 4.98 Å². The van der Waals surface area contributed by atoms with Gasteiger partial charge in [-0.05, 0) is 25.1 Å². The Kier molecular flexibility index (Phi) is 4.17. The van der Waals surface area contributed by atoms with Gasteiger partial charge in [0, 0.05) is 16.0 Å². The number of aliphatic carboxylic acids is 1. The van der Waals surface area contributed by atoms with Gasteiger partial charge in [0.1, 0.15) is 5.75 Å². The largest absolute Gasteiger partial charge is 0.495 e. The van der Waals surface area contributed by atoms with Crippen LogP contribution in [0.2, 0.25) is 5.02 Å². The fourth-order valence-electron chi connectivity index (χ4n) is 1.74. The molecule has 0 aliphatic heterocycles. The first-order valence-electron chi connectivity index (χ1n) is 5.50. The number of halogens is 1. The van der Waals surface area contributed by atoms with Crippen molar-refractivity contribution in [2.75, 3.05) is 12.9 Å². The Morgan fingerprint density at radius 3 is 2.84 bits per heavy atom. The summed E-state index contributed by atoms with van der Waals surface area (Å²) in [4.78, 5) is 15.9. The summed E-state index contributed by atoms with van der Waals surface area (Å²) in [5.74, 6) is -0.297. The van der Waals surface area contributed by atoms with E-state index < -0.39 is 5.97 Å². The van der Waals surface area contributed by atoms with E-state index in [1.165, 1.54) is 11.8 Å². The van der Waals surface area contributed by atoms with Crippen LogP contribution in [0.4, 0.5) is 0 Å². The number of aryl methyl sites for hydroxylation is 1. The molecule has 0 saturated carbocycles. The lowest BCUT2D eigenvalue weighted by Crippen LogP contribution is -1.98. The average Bonchev–Trinajstić information content (AvgIpc) is 2.34. The van der Waals surface area contributed by atoms with Gasteiger partial charge in [0.25, 0.3) is 0 Å². The normalized spacial score (nSPS) is 10.7. The van der Waals surface area contributed by atoms with Crippen LogP contribution in [-0.4, -0.2) is 28.9 Å². The number of pyridine rings is 1. The highest BCUT2D eigenvalue weighted by atomic mass is 35.5. The van der Waals surface area contributed by atoms with Gasteiger partial charge in [-0.25, -0.2) is 0 Å². The Morgan fingerprint density at radius 1 is 1.47 bits per heavy atom. The highest BCUT2D eigenvalue weighted by molar-refractivity contribution is 8.00. The Bertz CT molecular complexity index is 645. The summed E-state index contributed by atoms with van der Waals surface area (Å²) < 4.78 is 5.18. The van der Waals surface area contributed by atoms with Gasteiger partial charge in [-0.3, -0.25) is 9.78 Å². The second-order valence-corrected chi connectivity index (χ2v) is 5.37. The number of methoxy groups -OCH3 is 1. The number of carbonyl (C=O) groups is 1. The van der Waals surface area contributed by atoms with E-state index in [1.54, 1.807) is 19.2 Å². The van der Waals surface area contributed by atoms with Crippen LogP contribution in [0.5, 0.6) is 5.75 Å².